The lowest BCUT2D eigenvalue weighted by atomic mass is 9.94. The van der Waals surface area contributed by atoms with Crippen molar-refractivity contribution in [1.29, 1.82) is 0 Å². The van der Waals surface area contributed by atoms with Crippen LogP contribution in [0.4, 0.5) is 0 Å². The summed E-state index contributed by atoms with van der Waals surface area (Å²) in [5.41, 5.74) is 0.545. The molecule has 0 bridgehead atoms. The number of carbonyl (C=O) groups excluding carboxylic acids is 1. The van der Waals surface area contributed by atoms with Crippen LogP contribution in [-0.2, 0) is 4.79 Å². The number of hydrogen-bond donors (Lipinski definition) is 0. The lowest BCUT2D eigenvalue weighted by molar-refractivity contribution is -0.130. The Balaban J connectivity index is 4.12. The number of amides is 1. The molecule has 0 rings (SSSR count). The highest BCUT2D eigenvalue weighted by Gasteiger charge is 2.23. The van der Waals surface area contributed by atoms with Gasteiger partial charge in [-0.2, -0.15) is 0 Å². The molecular formula is C20H42N2OS2. The Bertz CT molecular complexity index is 397. The molecule has 0 aromatic rings. The van der Waals surface area contributed by atoms with Crippen molar-refractivity contribution in [3.05, 3.63) is 0 Å². The zero-order chi connectivity index (χ0) is 19.9. The molecule has 0 aliphatic heterocycles. The first kappa shape index (κ1) is 25.1. The van der Waals surface area contributed by atoms with Crippen molar-refractivity contribution >= 4 is 27.5 Å². The zero-order valence-corrected chi connectivity index (χ0v) is 20.0. The highest BCUT2D eigenvalue weighted by Crippen LogP contribution is 2.40. The minimum atomic E-state index is 0.140. The lowest BCUT2D eigenvalue weighted by Gasteiger charge is -2.33. The van der Waals surface area contributed by atoms with Gasteiger partial charge in [0.1, 0.15) is 0 Å². The summed E-state index contributed by atoms with van der Waals surface area (Å²) in [6.45, 7) is 19.7. The normalized spacial score (nSPS) is 13.4. The molecule has 150 valence electrons. The van der Waals surface area contributed by atoms with Gasteiger partial charge in [-0.1, -0.05) is 42.4 Å². The number of carbonyl (C=O) groups is 1. The molecule has 0 radical (unpaired) electrons. The van der Waals surface area contributed by atoms with Gasteiger partial charge in [0, 0.05) is 42.6 Å². The van der Waals surface area contributed by atoms with Gasteiger partial charge < -0.3 is 4.90 Å². The molecular weight excluding hydrogens is 348 g/mol. The van der Waals surface area contributed by atoms with E-state index in [-0.39, 0.29) is 16.2 Å². The van der Waals surface area contributed by atoms with Crippen LogP contribution < -0.4 is 0 Å². The molecule has 0 heterocycles. The highest BCUT2D eigenvalue weighted by atomic mass is 33.1. The van der Waals surface area contributed by atoms with Gasteiger partial charge >= 0.3 is 0 Å². The molecule has 0 atom stereocenters. The topological polar surface area (TPSA) is 23.6 Å². The minimum absolute atomic E-state index is 0.140. The Labute approximate surface area is 165 Å². The third-order valence-corrected chi connectivity index (χ3v) is 7.85. The van der Waals surface area contributed by atoms with Crippen molar-refractivity contribution in [1.82, 2.24) is 9.80 Å². The van der Waals surface area contributed by atoms with Gasteiger partial charge in [-0.25, -0.2) is 0 Å². The van der Waals surface area contributed by atoms with Crippen molar-refractivity contribution in [2.75, 3.05) is 32.9 Å². The van der Waals surface area contributed by atoms with Crippen LogP contribution in [0.25, 0.3) is 0 Å². The van der Waals surface area contributed by atoms with Crippen molar-refractivity contribution in [2.24, 2.45) is 5.41 Å². The molecule has 1 amide bonds. The van der Waals surface area contributed by atoms with Crippen molar-refractivity contribution in [3.8, 4) is 0 Å². The molecule has 0 aromatic heterocycles. The number of rotatable bonds is 10. The Hall–Kier alpha value is 0.130. The summed E-state index contributed by atoms with van der Waals surface area (Å²) < 4.78 is 0.140. The molecule has 0 saturated heterocycles. The quantitative estimate of drug-likeness (QED) is 0.360. The largest absolute Gasteiger partial charge is 0.344 e. The Morgan fingerprint density at radius 1 is 0.880 bits per heavy atom. The zero-order valence-electron chi connectivity index (χ0n) is 18.4. The minimum Gasteiger partial charge on any atom is -0.344 e. The molecule has 0 unspecified atom stereocenters. The highest BCUT2D eigenvalue weighted by molar-refractivity contribution is 8.77. The van der Waals surface area contributed by atoms with Crippen LogP contribution in [0.3, 0.4) is 0 Å². The number of likely N-dealkylation sites (N-methyl/N-ethyl adjacent to an activating group) is 2. The van der Waals surface area contributed by atoms with Gasteiger partial charge in [0.2, 0.25) is 5.91 Å². The van der Waals surface area contributed by atoms with Crippen LogP contribution >= 0.6 is 21.6 Å². The molecule has 0 aliphatic carbocycles. The van der Waals surface area contributed by atoms with Crippen LogP contribution in [0.5, 0.6) is 0 Å². The molecule has 0 N–H and O–H groups in total. The fraction of sp³-hybridized carbons (Fsp3) is 0.950. The maximum atomic E-state index is 12.4. The van der Waals surface area contributed by atoms with E-state index in [4.69, 9.17) is 0 Å². The summed E-state index contributed by atoms with van der Waals surface area (Å²) in [5.74, 6) is 1.43. The molecule has 0 spiro atoms. The fourth-order valence-electron chi connectivity index (χ4n) is 1.95. The standard InChI is InChI=1S/C20H42N2OS2/c1-18(2,3)13-16-24-25-20(7,8)12-11-17(23)21(9)14-15-22(10)19(4,5)6/h11-16H2,1-10H3. The SMILES string of the molecule is CN(CCN(C)C(C)(C)C)C(=O)CCC(C)(C)SSCCC(C)(C)C. The van der Waals surface area contributed by atoms with E-state index in [1.807, 2.05) is 33.5 Å². The van der Waals surface area contributed by atoms with Gasteiger partial charge in [-0.05, 0) is 59.9 Å². The smallest absolute Gasteiger partial charge is 0.222 e. The van der Waals surface area contributed by atoms with E-state index >= 15 is 0 Å². The summed E-state index contributed by atoms with van der Waals surface area (Å²) in [4.78, 5) is 16.6. The van der Waals surface area contributed by atoms with E-state index in [0.29, 0.717) is 11.8 Å². The van der Waals surface area contributed by atoms with Crippen molar-refractivity contribution < 1.29 is 4.79 Å². The second-order valence-corrected chi connectivity index (χ2v) is 13.0. The molecule has 5 heteroatoms. The average Bonchev–Trinajstić information content (AvgIpc) is 2.44. The first-order chi connectivity index (χ1) is 11.1. The molecule has 0 saturated carbocycles. The maximum Gasteiger partial charge on any atom is 0.222 e. The van der Waals surface area contributed by atoms with Crippen LogP contribution in [-0.4, -0.2) is 58.9 Å². The van der Waals surface area contributed by atoms with E-state index in [0.717, 1.165) is 19.5 Å². The van der Waals surface area contributed by atoms with Crippen molar-refractivity contribution in [3.63, 3.8) is 0 Å². The second-order valence-electron chi connectivity index (χ2n) is 9.88. The van der Waals surface area contributed by atoms with Crippen molar-refractivity contribution in [2.45, 2.75) is 84.9 Å². The summed E-state index contributed by atoms with van der Waals surface area (Å²) in [6.07, 6.45) is 2.79. The van der Waals surface area contributed by atoms with Gasteiger partial charge in [0.25, 0.3) is 0 Å². The van der Waals surface area contributed by atoms with Crippen LogP contribution in [0.2, 0.25) is 0 Å². The summed E-state index contributed by atoms with van der Waals surface area (Å²) in [6, 6.07) is 0. The maximum absolute atomic E-state index is 12.4. The second kappa shape index (κ2) is 10.5. The first-order valence-corrected chi connectivity index (χ1v) is 11.7. The van der Waals surface area contributed by atoms with Gasteiger partial charge in [0.15, 0.2) is 0 Å². The molecule has 0 fully saturated rings. The number of nitrogens with zero attached hydrogens (tertiary/aromatic N) is 2. The monoisotopic (exact) mass is 390 g/mol. The fourth-order valence-corrected chi connectivity index (χ4v) is 4.94. The van der Waals surface area contributed by atoms with Gasteiger partial charge in [-0.15, -0.1) is 0 Å². The molecule has 25 heavy (non-hydrogen) atoms. The van der Waals surface area contributed by atoms with E-state index in [2.05, 4.69) is 67.3 Å². The van der Waals surface area contributed by atoms with Gasteiger partial charge in [-0.3, -0.25) is 9.69 Å². The summed E-state index contributed by atoms with van der Waals surface area (Å²) in [7, 11) is 7.93. The molecule has 0 aromatic carbocycles. The number of hydrogen-bond acceptors (Lipinski definition) is 4. The third-order valence-electron chi connectivity index (χ3n) is 4.50. The Morgan fingerprint density at radius 2 is 1.44 bits per heavy atom. The van der Waals surface area contributed by atoms with E-state index in [9.17, 15) is 4.79 Å². The molecule has 3 nitrogen and oxygen atoms in total. The summed E-state index contributed by atoms with van der Waals surface area (Å²) in [5, 5.41) is 0. The third kappa shape index (κ3) is 13.0. The summed E-state index contributed by atoms with van der Waals surface area (Å²) >= 11 is 0. The van der Waals surface area contributed by atoms with Crippen LogP contribution in [0, 0.1) is 5.41 Å². The Morgan fingerprint density at radius 3 is 1.92 bits per heavy atom. The van der Waals surface area contributed by atoms with E-state index in [1.165, 1.54) is 12.2 Å². The van der Waals surface area contributed by atoms with E-state index in [1.54, 1.807) is 0 Å². The Kier molecular flexibility index (Phi) is 10.5. The lowest BCUT2D eigenvalue weighted by Crippen LogP contribution is -2.43. The van der Waals surface area contributed by atoms with Crippen LogP contribution in [0.1, 0.15) is 74.7 Å². The van der Waals surface area contributed by atoms with E-state index < -0.39 is 0 Å². The average molecular weight is 391 g/mol. The predicted molar refractivity (Wildman–Crippen MR) is 117 cm³/mol. The van der Waals surface area contributed by atoms with Gasteiger partial charge in [0.05, 0.1) is 0 Å². The predicted octanol–water partition coefficient (Wildman–Crippen LogP) is 5.55. The first-order valence-electron chi connectivity index (χ1n) is 9.40. The molecule has 0 aliphatic rings. The van der Waals surface area contributed by atoms with Crippen LogP contribution in [0.15, 0.2) is 0 Å².